The molecule has 0 saturated heterocycles. The second-order valence-corrected chi connectivity index (χ2v) is 11.1. The molecule has 0 aromatic heterocycles. The Kier molecular flexibility index (Phi) is 3.99. The van der Waals surface area contributed by atoms with E-state index < -0.39 is 0 Å². The molecule has 0 unspecified atom stereocenters. The van der Waals surface area contributed by atoms with Crippen LogP contribution in [0, 0.1) is 40.4 Å². The normalized spacial score (nSPS) is 57.8. The average Bonchev–Trinajstić information content (AvgIpc) is 2.82. The Morgan fingerprint density at radius 2 is 1.59 bits per heavy atom. The van der Waals surface area contributed by atoms with Gasteiger partial charge in [-0.05, 0) is 98.2 Å². The van der Waals surface area contributed by atoms with Crippen molar-refractivity contribution in [1.82, 2.24) is 0 Å². The maximum atomic E-state index is 3.99. The summed E-state index contributed by atoms with van der Waals surface area (Å²) < 4.78 is 0. The van der Waals surface area contributed by atoms with E-state index in [2.05, 4.69) is 36.7 Å². The van der Waals surface area contributed by atoms with Gasteiger partial charge in [-0.2, -0.15) is 0 Å². The zero-order valence-electron chi connectivity index (χ0n) is 14.9. The molecule has 4 aliphatic carbocycles. The van der Waals surface area contributed by atoms with Crippen molar-refractivity contribution in [1.29, 1.82) is 0 Å². The summed E-state index contributed by atoms with van der Waals surface area (Å²) in [5.41, 5.74) is 1.35. The molecular weight excluding hydrogens is 332 g/mol. The molecule has 0 heterocycles. The molecule has 22 heavy (non-hydrogen) atoms. The van der Waals surface area contributed by atoms with Crippen LogP contribution in [-0.4, -0.2) is 4.83 Å². The van der Waals surface area contributed by atoms with Gasteiger partial charge in [0.25, 0.3) is 0 Å². The van der Waals surface area contributed by atoms with Crippen LogP contribution in [0.25, 0.3) is 0 Å². The molecular formula is C21H35Br. The van der Waals surface area contributed by atoms with Gasteiger partial charge in [-0.15, -0.1) is 0 Å². The van der Waals surface area contributed by atoms with Crippen LogP contribution in [0.1, 0.15) is 85.0 Å². The Labute approximate surface area is 146 Å². The van der Waals surface area contributed by atoms with Gasteiger partial charge in [0.05, 0.1) is 0 Å². The average molecular weight is 367 g/mol. The van der Waals surface area contributed by atoms with Crippen LogP contribution in [0.4, 0.5) is 0 Å². The summed E-state index contributed by atoms with van der Waals surface area (Å²) in [6.45, 7) is 7.81. The van der Waals surface area contributed by atoms with Crippen molar-refractivity contribution >= 4 is 15.9 Å². The summed E-state index contributed by atoms with van der Waals surface area (Å²) in [4.78, 5) is 0.799. The summed E-state index contributed by atoms with van der Waals surface area (Å²) >= 11 is 3.99. The van der Waals surface area contributed by atoms with Crippen molar-refractivity contribution in [3.8, 4) is 0 Å². The lowest BCUT2D eigenvalue weighted by molar-refractivity contribution is -0.109. The number of fused-ring (bicyclic) bond motifs is 5. The molecule has 8 atom stereocenters. The van der Waals surface area contributed by atoms with Gasteiger partial charge in [0, 0.05) is 4.83 Å². The molecule has 0 bridgehead atoms. The molecule has 4 rings (SSSR count). The second kappa shape index (κ2) is 5.50. The Bertz CT molecular complexity index is 432. The molecule has 0 nitrogen and oxygen atoms in total. The van der Waals surface area contributed by atoms with E-state index in [1.165, 1.54) is 38.5 Å². The fourth-order valence-electron chi connectivity index (χ4n) is 8.07. The molecule has 0 spiro atoms. The van der Waals surface area contributed by atoms with E-state index in [9.17, 15) is 0 Å². The summed E-state index contributed by atoms with van der Waals surface area (Å²) in [5.74, 6) is 5.23. The molecule has 0 aliphatic heterocycles. The molecule has 0 aromatic carbocycles. The van der Waals surface area contributed by atoms with E-state index in [0.717, 1.165) is 34.4 Å². The number of rotatable bonds is 1. The summed E-state index contributed by atoms with van der Waals surface area (Å²) in [6, 6.07) is 0. The van der Waals surface area contributed by atoms with Gasteiger partial charge in [-0.3, -0.25) is 0 Å². The fourth-order valence-corrected chi connectivity index (χ4v) is 9.03. The monoisotopic (exact) mass is 366 g/mol. The van der Waals surface area contributed by atoms with Crippen molar-refractivity contribution < 1.29 is 0 Å². The highest BCUT2D eigenvalue weighted by molar-refractivity contribution is 9.09. The summed E-state index contributed by atoms with van der Waals surface area (Å²) in [7, 11) is 0. The standard InChI is InChI=1S/C21H35Br/c1-4-14-7-10-18-17-9-6-15-5-8-16(22)13-21(15,3)19(17)11-12-20(14,18)2/h14-19H,4-13H2,1-3H3/t14-,15+,16-,17-,18-,19-,20+,21-/m0/s1. The van der Waals surface area contributed by atoms with Gasteiger partial charge < -0.3 is 0 Å². The molecule has 1 heteroatoms. The largest absolute Gasteiger partial charge is 0.0890 e. The molecule has 0 radical (unpaired) electrons. The van der Waals surface area contributed by atoms with Gasteiger partial charge in [0.2, 0.25) is 0 Å². The van der Waals surface area contributed by atoms with Crippen LogP contribution in [0.3, 0.4) is 0 Å². The first kappa shape index (κ1) is 16.0. The number of hydrogen-bond acceptors (Lipinski definition) is 0. The van der Waals surface area contributed by atoms with E-state index in [1.54, 1.807) is 25.7 Å². The third-order valence-corrected chi connectivity index (χ3v) is 10.0. The number of alkyl halides is 1. The molecule has 126 valence electrons. The van der Waals surface area contributed by atoms with Crippen LogP contribution < -0.4 is 0 Å². The molecule has 0 aromatic rings. The maximum absolute atomic E-state index is 3.99. The zero-order chi connectivity index (χ0) is 15.5. The van der Waals surface area contributed by atoms with Crippen molar-refractivity contribution in [2.45, 2.75) is 89.8 Å². The summed E-state index contributed by atoms with van der Waals surface area (Å²) in [5, 5.41) is 0. The lowest BCUT2D eigenvalue weighted by Gasteiger charge is -2.61. The minimum absolute atomic E-state index is 0.654. The lowest BCUT2D eigenvalue weighted by Crippen LogP contribution is -2.53. The first-order valence-electron chi connectivity index (χ1n) is 10.1. The number of halogens is 1. The molecule has 4 aliphatic rings. The van der Waals surface area contributed by atoms with Gasteiger partial charge in [-0.1, -0.05) is 43.1 Å². The van der Waals surface area contributed by atoms with Crippen LogP contribution >= 0.6 is 15.9 Å². The second-order valence-electron chi connectivity index (χ2n) is 9.76. The Morgan fingerprint density at radius 1 is 0.864 bits per heavy atom. The van der Waals surface area contributed by atoms with Crippen LogP contribution in [-0.2, 0) is 0 Å². The van der Waals surface area contributed by atoms with E-state index in [4.69, 9.17) is 0 Å². The van der Waals surface area contributed by atoms with Crippen molar-refractivity contribution in [2.24, 2.45) is 40.4 Å². The van der Waals surface area contributed by atoms with E-state index in [-0.39, 0.29) is 0 Å². The fraction of sp³-hybridized carbons (Fsp3) is 1.00. The van der Waals surface area contributed by atoms with Gasteiger partial charge in [0.15, 0.2) is 0 Å². The Morgan fingerprint density at radius 3 is 2.36 bits per heavy atom. The van der Waals surface area contributed by atoms with Crippen molar-refractivity contribution in [3.05, 3.63) is 0 Å². The van der Waals surface area contributed by atoms with Crippen LogP contribution in [0.15, 0.2) is 0 Å². The Hall–Kier alpha value is 0.480. The minimum atomic E-state index is 0.654. The third kappa shape index (κ3) is 2.12. The number of hydrogen-bond donors (Lipinski definition) is 0. The molecule has 0 amide bonds. The highest BCUT2D eigenvalue weighted by Gasteiger charge is 2.59. The van der Waals surface area contributed by atoms with E-state index in [0.29, 0.717) is 10.8 Å². The highest BCUT2D eigenvalue weighted by Crippen LogP contribution is 2.68. The summed E-state index contributed by atoms with van der Waals surface area (Å²) in [6.07, 6.45) is 15.1. The lowest BCUT2D eigenvalue weighted by atomic mass is 9.45. The predicted molar refractivity (Wildman–Crippen MR) is 98.2 cm³/mol. The minimum Gasteiger partial charge on any atom is -0.0890 e. The maximum Gasteiger partial charge on any atom is 0.0151 e. The van der Waals surface area contributed by atoms with Gasteiger partial charge in [-0.25, -0.2) is 0 Å². The molecule has 0 N–H and O–H groups in total. The van der Waals surface area contributed by atoms with Crippen LogP contribution in [0.2, 0.25) is 0 Å². The topological polar surface area (TPSA) is 0 Å². The first-order chi connectivity index (χ1) is 10.5. The van der Waals surface area contributed by atoms with E-state index in [1.807, 2.05) is 0 Å². The quantitative estimate of drug-likeness (QED) is 0.446. The van der Waals surface area contributed by atoms with Gasteiger partial charge >= 0.3 is 0 Å². The van der Waals surface area contributed by atoms with Crippen LogP contribution in [0.5, 0.6) is 0 Å². The molecule has 4 fully saturated rings. The first-order valence-corrected chi connectivity index (χ1v) is 11.0. The van der Waals surface area contributed by atoms with Crippen molar-refractivity contribution in [2.75, 3.05) is 0 Å². The smallest absolute Gasteiger partial charge is 0.0151 e. The molecule has 4 saturated carbocycles. The SMILES string of the molecule is CC[C@H]1CC[C@H]2[C@@H]3CC[C@H]4CC[C@H](Br)C[C@]4(C)[C@H]3CC[C@]12C. The van der Waals surface area contributed by atoms with Crippen molar-refractivity contribution in [3.63, 3.8) is 0 Å². The van der Waals surface area contributed by atoms with E-state index >= 15 is 0 Å². The third-order valence-electron chi connectivity index (χ3n) is 9.24. The van der Waals surface area contributed by atoms with Gasteiger partial charge in [0.1, 0.15) is 0 Å². The zero-order valence-corrected chi connectivity index (χ0v) is 16.5. The predicted octanol–water partition coefficient (Wildman–Crippen LogP) is 6.82. The highest BCUT2D eigenvalue weighted by atomic mass is 79.9. The Balaban J connectivity index is 1.62.